The fourth-order valence-electron chi connectivity index (χ4n) is 2.01. The van der Waals surface area contributed by atoms with Gasteiger partial charge in [0.25, 0.3) is 0 Å². The minimum absolute atomic E-state index is 0.181. The zero-order valence-electron chi connectivity index (χ0n) is 11.1. The Hall–Kier alpha value is -1.94. The number of nitrogens with zero attached hydrogens (tertiary/aromatic N) is 1. The molecule has 0 amide bonds. The first-order chi connectivity index (χ1) is 9.31. The van der Waals surface area contributed by atoms with Crippen molar-refractivity contribution in [3.8, 4) is 0 Å². The SMILES string of the molecule is COC(=O)CCNCCc1cccc2cccnc12. The number of hydrogen-bond donors (Lipinski definition) is 1. The summed E-state index contributed by atoms with van der Waals surface area (Å²) >= 11 is 0. The third-order valence-electron chi connectivity index (χ3n) is 3.02. The molecule has 0 saturated heterocycles. The summed E-state index contributed by atoms with van der Waals surface area (Å²) in [5, 5.41) is 4.40. The van der Waals surface area contributed by atoms with Gasteiger partial charge in [-0.1, -0.05) is 24.3 Å². The molecule has 0 saturated carbocycles. The maximum absolute atomic E-state index is 10.9. The quantitative estimate of drug-likeness (QED) is 0.635. The van der Waals surface area contributed by atoms with E-state index in [1.54, 1.807) is 0 Å². The third kappa shape index (κ3) is 3.76. The van der Waals surface area contributed by atoms with Crippen LogP contribution in [-0.2, 0) is 16.0 Å². The molecule has 4 heteroatoms. The Morgan fingerprint density at radius 1 is 1.26 bits per heavy atom. The van der Waals surface area contributed by atoms with Crippen molar-refractivity contribution in [2.45, 2.75) is 12.8 Å². The van der Waals surface area contributed by atoms with Crippen LogP contribution in [0.3, 0.4) is 0 Å². The van der Waals surface area contributed by atoms with Crippen molar-refractivity contribution < 1.29 is 9.53 Å². The lowest BCUT2D eigenvalue weighted by molar-refractivity contribution is -0.140. The van der Waals surface area contributed by atoms with Gasteiger partial charge in [-0.05, 0) is 24.6 Å². The number of ether oxygens (including phenoxy) is 1. The molecular weight excluding hydrogens is 240 g/mol. The third-order valence-corrected chi connectivity index (χ3v) is 3.02. The summed E-state index contributed by atoms with van der Waals surface area (Å²) in [6, 6.07) is 10.2. The molecule has 1 aromatic heterocycles. The summed E-state index contributed by atoms with van der Waals surface area (Å²) in [6.45, 7) is 1.47. The molecule has 0 aliphatic carbocycles. The number of hydrogen-bond acceptors (Lipinski definition) is 4. The number of esters is 1. The van der Waals surface area contributed by atoms with E-state index in [0.29, 0.717) is 13.0 Å². The minimum Gasteiger partial charge on any atom is -0.469 e. The van der Waals surface area contributed by atoms with Gasteiger partial charge in [-0.2, -0.15) is 0 Å². The summed E-state index contributed by atoms with van der Waals surface area (Å²) in [4.78, 5) is 15.4. The van der Waals surface area contributed by atoms with Gasteiger partial charge in [0.1, 0.15) is 0 Å². The zero-order chi connectivity index (χ0) is 13.5. The van der Waals surface area contributed by atoms with Gasteiger partial charge < -0.3 is 10.1 Å². The fourth-order valence-corrected chi connectivity index (χ4v) is 2.01. The van der Waals surface area contributed by atoms with Crippen LogP contribution in [-0.4, -0.2) is 31.2 Å². The van der Waals surface area contributed by atoms with Crippen molar-refractivity contribution in [3.63, 3.8) is 0 Å². The number of aromatic nitrogens is 1. The molecule has 0 spiro atoms. The lowest BCUT2D eigenvalue weighted by Crippen LogP contribution is -2.21. The average molecular weight is 258 g/mol. The first kappa shape index (κ1) is 13.5. The van der Waals surface area contributed by atoms with Crippen molar-refractivity contribution in [1.82, 2.24) is 10.3 Å². The number of para-hydroxylation sites is 1. The average Bonchev–Trinajstić information content (AvgIpc) is 2.46. The van der Waals surface area contributed by atoms with Crippen molar-refractivity contribution in [3.05, 3.63) is 42.1 Å². The van der Waals surface area contributed by atoms with Crippen LogP contribution < -0.4 is 5.32 Å². The molecule has 0 aliphatic rings. The second kappa shape index (κ2) is 6.85. The van der Waals surface area contributed by atoms with Crippen molar-refractivity contribution in [2.75, 3.05) is 20.2 Å². The van der Waals surface area contributed by atoms with Crippen LogP contribution in [0.4, 0.5) is 0 Å². The van der Waals surface area contributed by atoms with Gasteiger partial charge >= 0.3 is 5.97 Å². The van der Waals surface area contributed by atoms with Gasteiger partial charge in [-0.15, -0.1) is 0 Å². The van der Waals surface area contributed by atoms with Crippen LogP contribution in [0.25, 0.3) is 10.9 Å². The lowest BCUT2D eigenvalue weighted by Gasteiger charge is -2.06. The molecule has 0 unspecified atom stereocenters. The summed E-state index contributed by atoms with van der Waals surface area (Å²) in [5.41, 5.74) is 2.28. The van der Waals surface area contributed by atoms with E-state index in [-0.39, 0.29) is 5.97 Å². The Kier molecular flexibility index (Phi) is 4.86. The van der Waals surface area contributed by atoms with E-state index >= 15 is 0 Å². The van der Waals surface area contributed by atoms with Gasteiger partial charge in [0.05, 0.1) is 19.0 Å². The van der Waals surface area contributed by atoms with Gasteiger partial charge in [0, 0.05) is 18.1 Å². The summed E-state index contributed by atoms with van der Waals surface area (Å²) in [7, 11) is 1.41. The fraction of sp³-hybridized carbons (Fsp3) is 0.333. The van der Waals surface area contributed by atoms with Gasteiger partial charge in [-0.3, -0.25) is 9.78 Å². The summed E-state index contributed by atoms with van der Waals surface area (Å²) < 4.78 is 4.58. The number of methoxy groups -OCH3 is 1. The Balaban J connectivity index is 1.86. The smallest absolute Gasteiger partial charge is 0.306 e. The number of carbonyl (C=O) groups excluding carboxylic acids is 1. The highest BCUT2D eigenvalue weighted by Gasteiger charge is 2.02. The Morgan fingerprint density at radius 3 is 2.95 bits per heavy atom. The van der Waals surface area contributed by atoms with Crippen molar-refractivity contribution in [1.29, 1.82) is 0 Å². The number of fused-ring (bicyclic) bond motifs is 1. The molecule has 1 aromatic carbocycles. The first-order valence-electron chi connectivity index (χ1n) is 6.41. The van der Waals surface area contributed by atoms with Crippen LogP contribution in [0.1, 0.15) is 12.0 Å². The predicted molar refractivity (Wildman–Crippen MR) is 74.9 cm³/mol. The molecule has 0 bridgehead atoms. The highest BCUT2D eigenvalue weighted by Crippen LogP contribution is 2.15. The molecule has 100 valence electrons. The van der Waals surface area contributed by atoms with Crippen LogP contribution in [0.5, 0.6) is 0 Å². The normalized spacial score (nSPS) is 10.6. The van der Waals surface area contributed by atoms with E-state index < -0.39 is 0 Å². The molecule has 0 aliphatic heterocycles. The van der Waals surface area contributed by atoms with Crippen LogP contribution >= 0.6 is 0 Å². The minimum atomic E-state index is -0.181. The molecule has 0 fully saturated rings. The van der Waals surface area contributed by atoms with Gasteiger partial charge in [-0.25, -0.2) is 0 Å². The maximum atomic E-state index is 10.9. The molecule has 2 rings (SSSR count). The standard InChI is InChI=1S/C15H18N2O2/c1-19-14(18)8-11-16-10-7-13-5-2-4-12-6-3-9-17-15(12)13/h2-6,9,16H,7-8,10-11H2,1H3. The van der Waals surface area contributed by atoms with Crippen molar-refractivity contribution in [2.24, 2.45) is 0 Å². The second-order valence-electron chi connectivity index (χ2n) is 4.32. The molecule has 4 nitrogen and oxygen atoms in total. The second-order valence-corrected chi connectivity index (χ2v) is 4.32. The number of rotatable bonds is 6. The molecule has 19 heavy (non-hydrogen) atoms. The molecule has 1 N–H and O–H groups in total. The maximum Gasteiger partial charge on any atom is 0.306 e. The lowest BCUT2D eigenvalue weighted by atomic mass is 10.1. The molecule has 0 atom stereocenters. The number of nitrogens with one attached hydrogen (secondary N) is 1. The highest BCUT2D eigenvalue weighted by molar-refractivity contribution is 5.81. The first-order valence-corrected chi connectivity index (χ1v) is 6.41. The van der Waals surface area contributed by atoms with E-state index in [1.165, 1.54) is 12.7 Å². The van der Waals surface area contributed by atoms with Gasteiger partial charge in [0.2, 0.25) is 0 Å². The number of carbonyl (C=O) groups is 1. The van der Waals surface area contributed by atoms with E-state index in [9.17, 15) is 4.79 Å². The Labute approximate surface area is 112 Å². The Bertz CT molecular complexity index is 549. The van der Waals surface area contributed by atoms with E-state index in [0.717, 1.165) is 23.9 Å². The van der Waals surface area contributed by atoms with Crippen LogP contribution in [0, 0.1) is 0 Å². The number of pyridine rings is 1. The van der Waals surface area contributed by atoms with Crippen LogP contribution in [0.15, 0.2) is 36.5 Å². The van der Waals surface area contributed by atoms with E-state index in [1.807, 2.05) is 18.3 Å². The van der Waals surface area contributed by atoms with E-state index in [2.05, 4.69) is 33.2 Å². The zero-order valence-corrected chi connectivity index (χ0v) is 11.1. The topological polar surface area (TPSA) is 51.2 Å². The van der Waals surface area contributed by atoms with E-state index in [4.69, 9.17) is 0 Å². The predicted octanol–water partition coefficient (Wildman–Crippen LogP) is 1.93. The van der Waals surface area contributed by atoms with Gasteiger partial charge in [0.15, 0.2) is 0 Å². The summed E-state index contributed by atoms with van der Waals surface area (Å²) in [6.07, 6.45) is 3.12. The summed E-state index contributed by atoms with van der Waals surface area (Å²) in [5.74, 6) is -0.181. The van der Waals surface area contributed by atoms with Crippen LogP contribution in [0.2, 0.25) is 0 Å². The Morgan fingerprint density at radius 2 is 2.11 bits per heavy atom. The van der Waals surface area contributed by atoms with Crippen molar-refractivity contribution >= 4 is 16.9 Å². The molecule has 1 heterocycles. The number of benzene rings is 1. The highest BCUT2D eigenvalue weighted by atomic mass is 16.5. The largest absolute Gasteiger partial charge is 0.469 e. The molecule has 2 aromatic rings. The molecular formula is C15H18N2O2. The molecule has 0 radical (unpaired) electrons. The monoisotopic (exact) mass is 258 g/mol.